The van der Waals surface area contributed by atoms with Gasteiger partial charge in [0.2, 0.25) is 0 Å². The Labute approximate surface area is 62.1 Å². The first-order chi connectivity index (χ1) is 5.11. The first kappa shape index (κ1) is 7.84. The average Bonchev–Trinajstić information content (AvgIpc) is 1.94. The average molecular weight is 155 g/mol. The molecule has 0 amide bonds. The van der Waals surface area contributed by atoms with Crippen molar-refractivity contribution in [2.75, 3.05) is 0 Å². The maximum atomic E-state index is 10.5. The minimum Gasteiger partial charge on any atom is -0.503 e. The smallest absolute Gasteiger partial charge is 0.490 e. The van der Waals surface area contributed by atoms with E-state index in [1.54, 1.807) is 0 Å². The van der Waals surface area contributed by atoms with E-state index in [4.69, 9.17) is 15.2 Å². The number of nitrogens with one attached hydrogen (secondary N) is 1. The van der Waals surface area contributed by atoms with Gasteiger partial charge in [-0.2, -0.15) is 0 Å². The van der Waals surface area contributed by atoms with E-state index in [1.165, 1.54) is 0 Å². The molecule has 5 nitrogen and oxygen atoms in total. The lowest BCUT2D eigenvalue weighted by Crippen LogP contribution is -2.31. The number of pyridine rings is 1. The Balaban J connectivity index is 3.15. The van der Waals surface area contributed by atoms with Gasteiger partial charge in [-0.15, -0.1) is 0 Å². The van der Waals surface area contributed by atoms with Crippen molar-refractivity contribution in [3.05, 3.63) is 22.6 Å². The molecule has 11 heavy (non-hydrogen) atoms. The molecule has 0 atom stereocenters. The van der Waals surface area contributed by atoms with Crippen LogP contribution in [-0.2, 0) is 0 Å². The van der Waals surface area contributed by atoms with E-state index in [0.717, 1.165) is 12.3 Å². The molecule has 0 radical (unpaired) electrons. The maximum absolute atomic E-state index is 10.5. The molecule has 0 aliphatic heterocycles. The molecule has 0 saturated heterocycles. The Bertz CT molecular complexity index is 308. The van der Waals surface area contributed by atoms with Crippen molar-refractivity contribution in [2.45, 2.75) is 0 Å². The number of hydrogen-bond donors (Lipinski definition) is 4. The van der Waals surface area contributed by atoms with Gasteiger partial charge in [-0.1, -0.05) is 0 Å². The maximum Gasteiger partial charge on any atom is 0.490 e. The molecule has 0 aliphatic carbocycles. The van der Waals surface area contributed by atoms with Crippen molar-refractivity contribution in [3.8, 4) is 5.75 Å². The number of hydrogen-bond acceptors (Lipinski definition) is 4. The molecule has 0 fully saturated rings. The Kier molecular flexibility index (Phi) is 1.97. The molecule has 0 spiro atoms. The van der Waals surface area contributed by atoms with Crippen LogP contribution in [0.15, 0.2) is 17.1 Å². The Morgan fingerprint density at radius 2 is 2.09 bits per heavy atom. The predicted molar refractivity (Wildman–Crippen MR) is 38.6 cm³/mol. The van der Waals surface area contributed by atoms with Gasteiger partial charge in [0.05, 0.1) is 0 Å². The summed E-state index contributed by atoms with van der Waals surface area (Å²) in [5, 5.41) is 25.9. The van der Waals surface area contributed by atoms with Crippen LogP contribution in [0.25, 0.3) is 0 Å². The van der Waals surface area contributed by atoms with Crippen molar-refractivity contribution in [1.82, 2.24) is 4.98 Å². The molecule has 0 bridgehead atoms. The second-order valence-corrected chi connectivity index (χ2v) is 2.02. The third-order valence-electron chi connectivity index (χ3n) is 1.20. The molecule has 58 valence electrons. The standard InChI is InChI=1S/C5H6BNO4/c8-4-1-3(6(10)11)2-7-5(4)9/h1-2,8,10-11H,(H,7,9). The minimum absolute atomic E-state index is 0.0436. The predicted octanol–water partition coefficient (Wildman–Crippen LogP) is -2.24. The number of aromatic nitrogens is 1. The van der Waals surface area contributed by atoms with Gasteiger partial charge in [-0.05, 0) is 6.07 Å². The van der Waals surface area contributed by atoms with Crippen molar-refractivity contribution in [1.29, 1.82) is 0 Å². The summed E-state index contributed by atoms with van der Waals surface area (Å²) in [6.45, 7) is 0. The van der Waals surface area contributed by atoms with Gasteiger partial charge in [0.15, 0.2) is 5.75 Å². The van der Waals surface area contributed by atoms with Crippen LogP contribution in [0.4, 0.5) is 0 Å². The van der Waals surface area contributed by atoms with Gasteiger partial charge in [-0.3, -0.25) is 4.79 Å². The van der Waals surface area contributed by atoms with Gasteiger partial charge in [0.25, 0.3) is 5.56 Å². The Hall–Kier alpha value is -1.27. The van der Waals surface area contributed by atoms with Crippen LogP contribution >= 0.6 is 0 Å². The summed E-state index contributed by atoms with van der Waals surface area (Å²) in [5.74, 6) is -0.532. The van der Waals surface area contributed by atoms with E-state index in [1.807, 2.05) is 0 Å². The summed E-state index contributed by atoms with van der Waals surface area (Å²) >= 11 is 0. The van der Waals surface area contributed by atoms with Crippen LogP contribution in [0, 0.1) is 0 Å². The van der Waals surface area contributed by atoms with Crippen LogP contribution in [0.5, 0.6) is 5.75 Å². The molecule has 0 aromatic carbocycles. The molecule has 1 rings (SSSR count). The summed E-state index contributed by atoms with van der Waals surface area (Å²) < 4.78 is 0. The third-order valence-corrected chi connectivity index (χ3v) is 1.20. The lowest BCUT2D eigenvalue weighted by Gasteiger charge is -1.97. The highest BCUT2D eigenvalue weighted by atomic mass is 16.4. The van der Waals surface area contributed by atoms with E-state index in [9.17, 15) is 4.79 Å². The highest BCUT2D eigenvalue weighted by molar-refractivity contribution is 6.58. The zero-order chi connectivity index (χ0) is 8.43. The van der Waals surface area contributed by atoms with Gasteiger partial charge in [0, 0.05) is 11.7 Å². The lowest BCUT2D eigenvalue weighted by molar-refractivity contribution is 0.424. The van der Waals surface area contributed by atoms with Crippen LogP contribution in [0.3, 0.4) is 0 Å². The van der Waals surface area contributed by atoms with Crippen molar-refractivity contribution >= 4 is 12.6 Å². The molecular formula is C5H6BNO4. The second kappa shape index (κ2) is 2.77. The summed E-state index contributed by atoms with van der Waals surface area (Å²) in [6.07, 6.45) is 1.12. The zero-order valence-corrected chi connectivity index (χ0v) is 5.48. The minimum atomic E-state index is -1.68. The monoisotopic (exact) mass is 155 g/mol. The SMILES string of the molecule is O=c1[nH]cc(B(O)O)cc1O. The first-order valence-electron chi connectivity index (χ1n) is 2.89. The van der Waals surface area contributed by atoms with Crippen molar-refractivity contribution in [2.24, 2.45) is 0 Å². The Morgan fingerprint density at radius 1 is 1.45 bits per heavy atom. The van der Waals surface area contributed by atoms with E-state index in [-0.39, 0.29) is 5.46 Å². The fourth-order valence-corrected chi connectivity index (χ4v) is 0.637. The quantitative estimate of drug-likeness (QED) is 0.345. The fraction of sp³-hybridized carbons (Fsp3) is 0. The number of aromatic amines is 1. The molecule has 1 heterocycles. The molecule has 1 aromatic rings. The van der Waals surface area contributed by atoms with E-state index >= 15 is 0 Å². The summed E-state index contributed by atoms with van der Waals surface area (Å²) in [5.41, 5.74) is -0.614. The molecular weight excluding hydrogens is 149 g/mol. The highest BCUT2D eigenvalue weighted by Crippen LogP contribution is 1.92. The summed E-state index contributed by atoms with van der Waals surface area (Å²) in [6, 6.07) is 0.990. The molecule has 0 saturated carbocycles. The van der Waals surface area contributed by atoms with Crippen molar-refractivity contribution in [3.63, 3.8) is 0 Å². The van der Waals surface area contributed by atoms with Crippen LogP contribution in [0.2, 0.25) is 0 Å². The normalized spacial score (nSPS) is 9.64. The van der Waals surface area contributed by atoms with E-state index in [2.05, 4.69) is 4.98 Å². The molecule has 6 heteroatoms. The van der Waals surface area contributed by atoms with E-state index < -0.39 is 18.4 Å². The first-order valence-corrected chi connectivity index (χ1v) is 2.89. The molecule has 1 aromatic heterocycles. The molecule has 0 aliphatic rings. The lowest BCUT2D eigenvalue weighted by atomic mass is 9.82. The van der Waals surface area contributed by atoms with Crippen LogP contribution < -0.4 is 11.0 Å². The summed E-state index contributed by atoms with van der Waals surface area (Å²) in [7, 11) is -1.68. The number of H-pyrrole nitrogens is 1. The molecule has 0 unspecified atom stereocenters. The molecule has 4 N–H and O–H groups in total. The van der Waals surface area contributed by atoms with Crippen LogP contribution in [-0.4, -0.2) is 27.3 Å². The topological polar surface area (TPSA) is 93.6 Å². The van der Waals surface area contributed by atoms with Gasteiger partial charge in [0.1, 0.15) is 0 Å². The zero-order valence-electron chi connectivity index (χ0n) is 5.48. The van der Waals surface area contributed by atoms with E-state index in [0.29, 0.717) is 0 Å². The van der Waals surface area contributed by atoms with Gasteiger partial charge >= 0.3 is 7.12 Å². The number of rotatable bonds is 1. The second-order valence-electron chi connectivity index (χ2n) is 2.02. The van der Waals surface area contributed by atoms with Crippen molar-refractivity contribution < 1.29 is 15.2 Å². The van der Waals surface area contributed by atoms with Gasteiger partial charge < -0.3 is 20.1 Å². The van der Waals surface area contributed by atoms with Crippen LogP contribution in [0.1, 0.15) is 0 Å². The third kappa shape index (κ3) is 1.60. The largest absolute Gasteiger partial charge is 0.503 e. The number of aromatic hydroxyl groups is 1. The highest BCUT2D eigenvalue weighted by Gasteiger charge is 2.11. The summed E-state index contributed by atoms with van der Waals surface area (Å²) in [4.78, 5) is 12.6. The fourth-order valence-electron chi connectivity index (χ4n) is 0.637. The van der Waals surface area contributed by atoms with Gasteiger partial charge in [-0.25, -0.2) is 0 Å². The Morgan fingerprint density at radius 3 is 2.55 bits per heavy atom.